The van der Waals surface area contributed by atoms with Crippen LogP contribution in [0.2, 0.25) is 0 Å². The number of aliphatic hydroxyl groups excluding tert-OH is 7. The minimum atomic E-state index is -5.25. The number of amides is 1. The molecule has 0 aromatic rings. The Balaban J connectivity index is 2.30. The predicted molar refractivity (Wildman–Crippen MR) is 91.2 cm³/mol. The zero-order chi connectivity index (χ0) is 23.0. The van der Waals surface area contributed by atoms with Crippen LogP contribution < -0.4 is 5.32 Å². The van der Waals surface area contributed by atoms with Crippen molar-refractivity contribution in [2.45, 2.75) is 74.2 Å². The Kier molecular flexibility index (Phi) is 8.31. The molecule has 0 aromatic carbocycles. The van der Waals surface area contributed by atoms with Crippen LogP contribution in [0.15, 0.2) is 0 Å². The summed E-state index contributed by atoms with van der Waals surface area (Å²) in [6, 6.07) is -1.47. The van der Waals surface area contributed by atoms with E-state index in [0.29, 0.717) is 0 Å². The van der Waals surface area contributed by atoms with Crippen molar-refractivity contribution in [2.75, 3.05) is 6.61 Å². The number of aliphatic hydroxyl groups is 7. The highest BCUT2D eigenvalue weighted by atomic mass is 31.2. The van der Waals surface area contributed by atoms with E-state index in [0.717, 1.165) is 6.92 Å². The summed E-state index contributed by atoms with van der Waals surface area (Å²) in [7, 11) is -5.25. The van der Waals surface area contributed by atoms with Gasteiger partial charge in [-0.2, -0.15) is 0 Å². The Morgan fingerprint density at radius 1 is 0.933 bits per heavy atom. The highest BCUT2D eigenvalue weighted by Gasteiger charge is 2.55. The zero-order valence-electron chi connectivity index (χ0n) is 15.6. The number of phosphoric acid groups is 1. The van der Waals surface area contributed by atoms with Gasteiger partial charge in [0.15, 0.2) is 6.29 Å². The maximum Gasteiger partial charge on any atom is 0.470 e. The number of rotatable bonds is 6. The summed E-state index contributed by atoms with van der Waals surface area (Å²) in [6.45, 7) is 0.286. The van der Waals surface area contributed by atoms with Crippen LogP contribution >= 0.6 is 7.82 Å². The largest absolute Gasteiger partial charge is 0.470 e. The van der Waals surface area contributed by atoms with Gasteiger partial charge in [0, 0.05) is 6.92 Å². The van der Waals surface area contributed by atoms with Crippen LogP contribution in [-0.4, -0.2) is 125 Å². The molecule has 176 valence electrons. The maximum absolute atomic E-state index is 11.4. The van der Waals surface area contributed by atoms with Crippen molar-refractivity contribution in [3.05, 3.63) is 0 Å². The molecule has 0 bridgehead atoms. The average Bonchev–Trinajstić information content (AvgIpc) is 2.65. The van der Waals surface area contributed by atoms with Gasteiger partial charge >= 0.3 is 7.82 Å². The molecule has 15 nitrogen and oxygen atoms in total. The Labute approximate surface area is 169 Å². The smallest absolute Gasteiger partial charge is 0.394 e. The summed E-state index contributed by atoms with van der Waals surface area (Å²) in [5, 5.41) is 72.2. The number of hydrogen-bond donors (Lipinski definition) is 10. The summed E-state index contributed by atoms with van der Waals surface area (Å²) >= 11 is 0. The molecule has 1 amide bonds. The van der Waals surface area contributed by atoms with Crippen molar-refractivity contribution in [2.24, 2.45) is 0 Å². The second kappa shape index (κ2) is 9.79. The second-order valence-corrected chi connectivity index (χ2v) is 8.25. The fraction of sp³-hybridized carbons (Fsp3) is 0.929. The average molecular weight is 463 g/mol. The van der Waals surface area contributed by atoms with Crippen molar-refractivity contribution in [3.63, 3.8) is 0 Å². The van der Waals surface area contributed by atoms with Gasteiger partial charge in [-0.25, -0.2) is 4.57 Å². The molecule has 30 heavy (non-hydrogen) atoms. The molecular formula is C14H26NO14P. The topological polar surface area (TPSA) is 256 Å². The van der Waals surface area contributed by atoms with Gasteiger partial charge in [0.05, 0.1) is 6.61 Å². The molecule has 1 saturated heterocycles. The predicted octanol–water partition coefficient (Wildman–Crippen LogP) is -5.75. The summed E-state index contributed by atoms with van der Waals surface area (Å²) in [5.41, 5.74) is 0. The molecule has 10 N–H and O–H groups in total. The van der Waals surface area contributed by atoms with Gasteiger partial charge in [0.25, 0.3) is 0 Å². The van der Waals surface area contributed by atoms with Gasteiger partial charge in [-0.1, -0.05) is 0 Å². The SMILES string of the molecule is CC(=O)N[C@H]1[C@@H](O[C@@H]2[C@H](O)[C@H](OP(=O)(O)O)[C@@H](O)[C@H](O)[C@H]2O)O[C@H](CO)[C@@H](O)[C@@H]1O. The standard InChI is InChI=1S/C14H26NO14P/c1-3(17)15-5-7(19)6(18)4(2-16)27-14(5)28-12-9(21)8(20)10(22)13(11(12)23)29-30(24,25)26/h4-14,16,18-23H,2H2,1H3,(H,15,17)(H2,24,25,26)/t4-,5-,6-,7-,8-,9-,10+,11+,12+,13-,14-/m1/s1. The molecule has 2 aliphatic rings. The maximum atomic E-state index is 11.4. The van der Waals surface area contributed by atoms with Gasteiger partial charge in [0.1, 0.15) is 61.0 Å². The van der Waals surface area contributed by atoms with Crippen LogP contribution in [0.25, 0.3) is 0 Å². The van der Waals surface area contributed by atoms with E-state index >= 15 is 0 Å². The van der Waals surface area contributed by atoms with Crippen LogP contribution in [0.5, 0.6) is 0 Å². The molecule has 2 rings (SSSR count). The van der Waals surface area contributed by atoms with Gasteiger partial charge < -0.3 is 60.3 Å². The molecule has 1 heterocycles. The molecule has 11 atom stereocenters. The number of carbonyl (C=O) groups excluding carboxylic acids is 1. The highest BCUT2D eigenvalue weighted by molar-refractivity contribution is 7.46. The van der Waals surface area contributed by atoms with Crippen LogP contribution in [0.4, 0.5) is 0 Å². The van der Waals surface area contributed by atoms with Crippen molar-refractivity contribution in [1.82, 2.24) is 5.32 Å². The number of hydrogen-bond acceptors (Lipinski definition) is 12. The molecule has 0 spiro atoms. The summed E-state index contributed by atoms with van der Waals surface area (Å²) in [6.07, 6.45) is -18.8. The van der Waals surface area contributed by atoms with E-state index in [1.165, 1.54) is 0 Å². The van der Waals surface area contributed by atoms with Crippen molar-refractivity contribution < 1.29 is 68.9 Å². The number of nitrogens with one attached hydrogen (secondary N) is 1. The van der Waals surface area contributed by atoms with E-state index in [2.05, 4.69) is 9.84 Å². The molecular weight excluding hydrogens is 437 g/mol. The van der Waals surface area contributed by atoms with Gasteiger partial charge in [0.2, 0.25) is 5.91 Å². The molecule has 2 fully saturated rings. The molecule has 0 unspecified atom stereocenters. The fourth-order valence-electron chi connectivity index (χ4n) is 3.37. The minimum absolute atomic E-state index is 0.686. The Morgan fingerprint density at radius 3 is 2.00 bits per heavy atom. The van der Waals surface area contributed by atoms with Crippen LogP contribution in [-0.2, 0) is 23.4 Å². The lowest BCUT2D eigenvalue weighted by atomic mass is 9.84. The second-order valence-electron chi connectivity index (χ2n) is 7.06. The van der Waals surface area contributed by atoms with Gasteiger partial charge in [-0.3, -0.25) is 9.32 Å². The minimum Gasteiger partial charge on any atom is -0.394 e. The van der Waals surface area contributed by atoms with E-state index < -0.39 is 87.6 Å². The summed E-state index contributed by atoms with van der Waals surface area (Å²) in [5.74, 6) is -0.686. The molecule has 1 aliphatic heterocycles. The molecule has 16 heteroatoms. The van der Waals surface area contributed by atoms with Gasteiger partial charge in [-0.05, 0) is 0 Å². The zero-order valence-corrected chi connectivity index (χ0v) is 16.5. The lowest BCUT2D eigenvalue weighted by Gasteiger charge is -2.47. The Hall–Kier alpha value is -0.780. The Bertz CT molecular complexity index is 646. The number of ether oxygens (including phenoxy) is 2. The van der Waals surface area contributed by atoms with E-state index in [-0.39, 0.29) is 0 Å². The fourth-order valence-corrected chi connectivity index (χ4v) is 3.93. The first-order valence-electron chi connectivity index (χ1n) is 8.79. The number of phosphoric ester groups is 1. The summed E-state index contributed by atoms with van der Waals surface area (Å²) in [4.78, 5) is 29.4. The lowest BCUT2D eigenvalue weighted by molar-refractivity contribution is -0.318. The van der Waals surface area contributed by atoms with E-state index in [4.69, 9.17) is 19.3 Å². The van der Waals surface area contributed by atoms with Crippen LogP contribution in [0, 0.1) is 0 Å². The first-order valence-corrected chi connectivity index (χ1v) is 10.3. The first kappa shape index (κ1) is 25.5. The Morgan fingerprint density at radius 2 is 1.50 bits per heavy atom. The summed E-state index contributed by atoms with van der Waals surface area (Å²) < 4.78 is 26.0. The normalized spacial score (nSPS) is 45.2. The third-order valence-corrected chi connectivity index (χ3v) is 5.37. The van der Waals surface area contributed by atoms with Crippen LogP contribution in [0.3, 0.4) is 0 Å². The lowest BCUT2D eigenvalue weighted by Crippen LogP contribution is -2.69. The van der Waals surface area contributed by atoms with E-state index in [9.17, 15) is 45.1 Å². The quantitative estimate of drug-likeness (QED) is 0.165. The third kappa shape index (κ3) is 5.52. The first-order chi connectivity index (χ1) is 13.8. The van der Waals surface area contributed by atoms with E-state index in [1.54, 1.807) is 0 Å². The highest BCUT2D eigenvalue weighted by Crippen LogP contribution is 2.42. The van der Waals surface area contributed by atoms with Crippen LogP contribution in [0.1, 0.15) is 6.92 Å². The monoisotopic (exact) mass is 463 g/mol. The van der Waals surface area contributed by atoms with Gasteiger partial charge in [-0.15, -0.1) is 0 Å². The van der Waals surface area contributed by atoms with Crippen molar-refractivity contribution >= 4 is 13.7 Å². The molecule has 0 aromatic heterocycles. The van der Waals surface area contributed by atoms with E-state index in [1.807, 2.05) is 0 Å². The number of carbonyl (C=O) groups is 1. The molecule has 1 saturated carbocycles. The van der Waals surface area contributed by atoms with Crippen molar-refractivity contribution in [1.29, 1.82) is 0 Å². The third-order valence-electron chi connectivity index (χ3n) is 4.85. The molecule has 1 aliphatic carbocycles. The molecule has 0 radical (unpaired) electrons. The van der Waals surface area contributed by atoms with Crippen molar-refractivity contribution in [3.8, 4) is 0 Å².